The molecule has 4 rings (SSSR count). The average molecular weight is 323 g/mol. The van der Waals surface area contributed by atoms with Crippen LogP contribution in [0.4, 0.5) is 0 Å². The Kier molecular flexibility index (Phi) is 3.77. The molecule has 0 aliphatic carbocycles. The third kappa shape index (κ3) is 2.83. The molecule has 0 N–H and O–H groups in total. The zero-order chi connectivity index (χ0) is 15.6. The number of hydrogen-bond donors (Lipinski definition) is 0. The lowest BCUT2D eigenvalue weighted by atomic mass is 10.0. The molecule has 1 aromatic heterocycles. The number of rotatable bonds is 3. The van der Waals surface area contributed by atoms with Crippen LogP contribution in [0.25, 0.3) is 5.69 Å². The van der Waals surface area contributed by atoms with Gasteiger partial charge in [-0.1, -0.05) is 42.5 Å². The summed E-state index contributed by atoms with van der Waals surface area (Å²) in [6.45, 7) is 2.60. The highest BCUT2D eigenvalue weighted by Gasteiger charge is 2.17. The highest BCUT2D eigenvalue weighted by Crippen LogP contribution is 2.18. The monoisotopic (exact) mass is 323 g/mol. The summed E-state index contributed by atoms with van der Waals surface area (Å²) in [5.74, 6) is 0. The van der Waals surface area contributed by atoms with Crippen molar-refractivity contribution in [3.05, 3.63) is 70.5 Å². The zero-order valence-corrected chi connectivity index (χ0v) is 13.5. The van der Waals surface area contributed by atoms with Crippen molar-refractivity contribution in [2.24, 2.45) is 0 Å². The number of fused-ring (bicyclic) bond motifs is 1. The van der Waals surface area contributed by atoms with Crippen LogP contribution in [-0.2, 0) is 19.6 Å². The second-order valence-corrected chi connectivity index (χ2v) is 6.09. The fraction of sp³-hybridized carbons (Fsp3) is 0.235. The lowest BCUT2D eigenvalue weighted by Crippen LogP contribution is -2.32. The van der Waals surface area contributed by atoms with E-state index in [4.69, 9.17) is 12.2 Å². The van der Waals surface area contributed by atoms with Gasteiger partial charge < -0.3 is 0 Å². The summed E-state index contributed by atoms with van der Waals surface area (Å²) in [6.07, 6.45) is 1.07. The van der Waals surface area contributed by atoms with Crippen LogP contribution >= 0.6 is 12.2 Å². The van der Waals surface area contributed by atoms with E-state index in [9.17, 15) is 0 Å². The van der Waals surface area contributed by atoms with E-state index >= 15 is 0 Å². The van der Waals surface area contributed by atoms with Crippen molar-refractivity contribution in [2.75, 3.05) is 6.54 Å². The maximum Gasteiger partial charge on any atom is 0.221 e. The molecule has 0 bridgehead atoms. The van der Waals surface area contributed by atoms with E-state index in [1.54, 1.807) is 9.36 Å². The maximum atomic E-state index is 5.53. The zero-order valence-electron chi connectivity index (χ0n) is 12.7. The van der Waals surface area contributed by atoms with E-state index in [2.05, 4.69) is 39.6 Å². The summed E-state index contributed by atoms with van der Waals surface area (Å²) in [7, 11) is 0. The average Bonchev–Trinajstić information content (AvgIpc) is 2.96. The van der Waals surface area contributed by atoms with Gasteiger partial charge in [0.05, 0.1) is 12.4 Å². The number of benzene rings is 2. The number of nitrogens with zero attached hydrogens (tertiary/aromatic N) is 5. The summed E-state index contributed by atoms with van der Waals surface area (Å²) in [4.78, 5) is 2.35. The topological polar surface area (TPSA) is 38.9 Å². The first kappa shape index (κ1) is 14.3. The lowest BCUT2D eigenvalue weighted by Gasteiger charge is -2.28. The molecule has 0 atom stereocenters. The van der Waals surface area contributed by atoms with Gasteiger partial charge in [0.15, 0.2) is 0 Å². The molecule has 3 aromatic rings. The van der Waals surface area contributed by atoms with Gasteiger partial charge in [0.25, 0.3) is 0 Å². The predicted octanol–water partition coefficient (Wildman–Crippen LogP) is 2.81. The van der Waals surface area contributed by atoms with Crippen molar-refractivity contribution >= 4 is 12.2 Å². The largest absolute Gasteiger partial charge is 0.280 e. The second-order valence-electron chi connectivity index (χ2n) is 5.72. The standard InChI is InChI=1S/C17H17N5S/c23-17-21(18-19-22(17)16-8-2-1-3-9-16)13-20-11-10-14-6-4-5-7-15(14)12-20/h1-9H,10-13H2. The Hall–Kier alpha value is -2.31. The number of tetrazole rings is 1. The van der Waals surface area contributed by atoms with Gasteiger partial charge in [0, 0.05) is 13.1 Å². The van der Waals surface area contributed by atoms with Crippen LogP contribution in [0.2, 0.25) is 0 Å². The van der Waals surface area contributed by atoms with Crippen LogP contribution in [0, 0.1) is 4.77 Å². The van der Waals surface area contributed by atoms with Crippen LogP contribution in [0.3, 0.4) is 0 Å². The molecule has 0 spiro atoms. The van der Waals surface area contributed by atoms with Crippen molar-refractivity contribution in [2.45, 2.75) is 19.6 Å². The van der Waals surface area contributed by atoms with E-state index in [1.807, 2.05) is 30.3 Å². The molecule has 116 valence electrons. The molecule has 1 aliphatic rings. The van der Waals surface area contributed by atoms with Crippen molar-refractivity contribution in [3.8, 4) is 5.69 Å². The Balaban J connectivity index is 1.55. The van der Waals surface area contributed by atoms with Crippen molar-refractivity contribution in [1.29, 1.82) is 0 Å². The smallest absolute Gasteiger partial charge is 0.221 e. The fourth-order valence-electron chi connectivity index (χ4n) is 2.96. The summed E-state index contributed by atoms with van der Waals surface area (Å²) in [5.41, 5.74) is 3.77. The minimum atomic E-state index is 0.620. The van der Waals surface area contributed by atoms with Crippen LogP contribution in [0.15, 0.2) is 54.6 Å². The molecule has 0 saturated heterocycles. The molecule has 0 fully saturated rings. The third-order valence-corrected chi connectivity index (χ3v) is 4.57. The molecule has 5 nitrogen and oxygen atoms in total. The summed E-state index contributed by atoms with van der Waals surface area (Å²) >= 11 is 5.53. The van der Waals surface area contributed by atoms with Gasteiger partial charge in [-0.3, -0.25) is 4.90 Å². The molecule has 0 saturated carbocycles. The van der Waals surface area contributed by atoms with Crippen molar-refractivity contribution in [1.82, 2.24) is 24.7 Å². The van der Waals surface area contributed by atoms with Gasteiger partial charge in [-0.15, -0.1) is 0 Å². The van der Waals surface area contributed by atoms with Gasteiger partial charge in [0.1, 0.15) is 0 Å². The van der Waals surface area contributed by atoms with Gasteiger partial charge in [0.2, 0.25) is 4.77 Å². The maximum absolute atomic E-state index is 5.53. The Morgan fingerprint density at radius 1 is 0.913 bits per heavy atom. The number of para-hydroxylation sites is 1. The molecule has 0 unspecified atom stereocenters. The second kappa shape index (κ2) is 6.06. The highest BCUT2D eigenvalue weighted by molar-refractivity contribution is 7.71. The van der Waals surface area contributed by atoms with Crippen LogP contribution in [-0.4, -0.2) is 31.2 Å². The highest BCUT2D eigenvalue weighted by atomic mass is 32.1. The number of hydrogen-bond acceptors (Lipinski definition) is 4. The van der Waals surface area contributed by atoms with Crippen molar-refractivity contribution in [3.63, 3.8) is 0 Å². The summed E-state index contributed by atoms with van der Waals surface area (Å²) in [5, 5.41) is 8.42. The fourth-order valence-corrected chi connectivity index (χ4v) is 3.19. The molecule has 1 aliphatic heterocycles. The van der Waals surface area contributed by atoms with Gasteiger partial charge in [-0.05, 0) is 52.3 Å². The summed E-state index contributed by atoms with van der Waals surface area (Å²) < 4.78 is 4.11. The van der Waals surface area contributed by atoms with Gasteiger partial charge in [-0.2, -0.15) is 4.68 Å². The predicted molar refractivity (Wildman–Crippen MR) is 90.7 cm³/mol. The van der Waals surface area contributed by atoms with E-state index < -0.39 is 0 Å². The molecule has 0 amide bonds. The van der Waals surface area contributed by atoms with Crippen LogP contribution in [0.1, 0.15) is 11.1 Å². The summed E-state index contributed by atoms with van der Waals surface area (Å²) in [6, 6.07) is 18.5. The quantitative estimate of drug-likeness (QED) is 0.695. The van der Waals surface area contributed by atoms with Crippen LogP contribution < -0.4 is 0 Å². The van der Waals surface area contributed by atoms with E-state index in [1.165, 1.54) is 11.1 Å². The molecule has 2 heterocycles. The normalized spacial score (nSPS) is 14.6. The SMILES string of the molecule is S=c1n(CN2CCc3ccccc3C2)nnn1-c1ccccc1. The molecule has 6 heteroatoms. The first-order valence-electron chi connectivity index (χ1n) is 7.68. The van der Waals surface area contributed by atoms with E-state index in [0.717, 1.165) is 25.2 Å². The van der Waals surface area contributed by atoms with E-state index in [-0.39, 0.29) is 0 Å². The number of aromatic nitrogens is 4. The molecule has 0 radical (unpaired) electrons. The van der Waals surface area contributed by atoms with Gasteiger partial charge in [-0.25, -0.2) is 4.68 Å². The minimum absolute atomic E-state index is 0.620. The Labute approximate surface area is 139 Å². The first-order chi connectivity index (χ1) is 11.3. The Morgan fingerprint density at radius 2 is 1.65 bits per heavy atom. The Bertz CT molecular complexity index is 868. The molecular weight excluding hydrogens is 306 g/mol. The van der Waals surface area contributed by atoms with E-state index in [0.29, 0.717) is 11.4 Å². The van der Waals surface area contributed by atoms with Gasteiger partial charge >= 0.3 is 0 Å². The molecular formula is C17H17N5S. The minimum Gasteiger partial charge on any atom is -0.280 e. The molecule has 23 heavy (non-hydrogen) atoms. The first-order valence-corrected chi connectivity index (χ1v) is 8.09. The Morgan fingerprint density at radius 3 is 2.48 bits per heavy atom. The lowest BCUT2D eigenvalue weighted by molar-refractivity contribution is 0.186. The van der Waals surface area contributed by atoms with Crippen molar-refractivity contribution < 1.29 is 0 Å². The van der Waals surface area contributed by atoms with Crippen LogP contribution in [0.5, 0.6) is 0 Å². The third-order valence-electron chi connectivity index (χ3n) is 4.18. The molecule has 2 aromatic carbocycles.